The smallest absolute Gasteiger partial charge is 0.228 e. The van der Waals surface area contributed by atoms with Crippen molar-refractivity contribution >= 4 is 11.6 Å². The Morgan fingerprint density at radius 1 is 1.17 bits per heavy atom. The van der Waals surface area contributed by atoms with Gasteiger partial charge in [0.05, 0.1) is 18.1 Å². The highest BCUT2D eigenvalue weighted by Crippen LogP contribution is 2.33. The Labute approximate surface area is 134 Å². The van der Waals surface area contributed by atoms with Gasteiger partial charge in [-0.25, -0.2) is 0 Å². The topological polar surface area (TPSA) is 71.4 Å². The van der Waals surface area contributed by atoms with Crippen LogP contribution in [0.15, 0.2) is 36.4 Å². The summed E-state index contributed by atoms with van der Waals surface area (Å²) in [5.74, 6) is 1.29. The van der Waals surface area contributed by atoms with Crippen molar-refractivity contribution in [2.24, 2.45) is 0 Å². The summed E-state index contributed by atoms with van der Waals surface area (Å²) < 4.78 is 11.1. The van der Waals surface area contributed by atoms with Crippen LogP contribution in [0.4, 0.5) is 5.69 Å². The normalized spacial score (nSPS) is 12.3. The molecule has 0 aliphatic carbocycles. The first-order valence-corrected chi connectivity index (χ1v) is 7.35. The van der Waals surface area contributed by atoms with Crippen LogP contribution in [-0.2, 0) is 11.2 Å². The monoisotopic (exact) mass is 308 g/mol. The van der Waals surface area contributed by atoms with Gasteiger partial charge in [-0.1, -0.05) is 0 Å². The summed E-state index contributed by atoms with van der Waals surface area (Å²) in [6.45, 7) is 3.01. The van der Waals surface area contributed by atoms with Crippen molar-refractivity contribution in [3.8, 4) is 17.6 Å². The van der Waals surface area contributed by atoms with E-state index in [9.17, 15) is 4.79 Å². The van der Waals surface area contributed by atoms with Crippen molar-refractivity contribution in [2.45, 2.75) is 13.3 Å². The number of hydrogen-bond donors (Lipinski definition) is 1. The predicted octanol–water partition coefficient (Wildman–Crippen LogP) is 2.82. The van der Waals surface area contributed by atoms with Crippen molar-refractivity contribution < 1.29 is 14.3 Å². The number of carbonyl (C=O) groups excluding carboxylic acids is 1. The molecule has 23 heavy (non-hydrogen) atoms. The molecule has 1 N–H and O–H groups in total. The average Bonchev–Trinajstić information content (AvgIpc) is 2.56. The van der Waals surface area contributed by atoms with Crippen LogP contribution in [0.3, 0.4) is 0 Å². The molecule has 3 rings (SSSR count). The number of rotatable bonds is 3. The van der Waals surface area contributed by atoms with E-state index in [1.54, 1.807) is 24.3 Å². The number of nitrogens with one attached hydrogen (secondary N) is 1. The summed E-state index contributed by atoms with van der Waals surface area (Å²) in [6.07, 6.45) is 0.252. The quantitative estimate of drug-likeness (QED) is 0.946. The molecule has 1 amide bonds. The van der Waals surface area contributed by atoms with Crippen molar-refractivity contribution in [1.82, 2.24) is 0 Å². The Balaban J connectivity index is 1.71. The molecule has 0 saturated heterocycles. The standard InChI is InChI=1S/C18H16N2O3/c1-12-8-16-17(23-7-6-22-16)9-14(12)10-18(21)20-15-4-2-13(11-19)3-5-15/h2-5,8-9H,6-7,10H2,1H3,(H,20,21). The molecule has 2 aromatic rings. The van der Waals surface area contributed by atoms with Crippen LogP contribution < -0.4 is 14.8 Å². The second-order valence-electron chi connectivity index (χ2n) is 5.34. The van der Waals surface area contributed by atoms with Crippen molar-refractivity contribution in [1.29, 1.82) is 5.26 Å². The third kappa shape index (κ3) is 3.43. The highest BCUT2D eigenvalue weighted by Gasteiger charge is 2.15. The van der Waals surface area contributed by atoms with Crippen LogP contribution >= 0.6 is 0 Å². The van der Waals surface area contributed by atoms with Crippen LogP contribution in [-0.4, -0.2) is 19.1 Å². The molecule has 5 nitrogen and oxygen atoms in total. The van der Waals surface area contributed by atoms with E-state index in [1.165, 1.54) is 0 Å². The second-order valence-corrected chi connectivity index (χ2v) is 5.34. The summed E-state index contributed by atoms with van der Waals surface area (Å²) in [4.78, 5) is 12.2. The second kappa shape index (κ2) is 6.41. The summed E-state index contributed by atoms with van der Waals surface area (Å²) in [5, 5.41) is 11.6. The lowest BCUT2D eigenvalue weighted by molar-refractivity contribution is -0.115. The number of nitrogens with zero attached hydrogens (tertiary/aromatic N) is 1. The molecular formula is C18H16N2O3. The Morgan fingerprint density at radius 2 is 1.83 bits per heavy atom. The van der Waals surface area contributed by atoms with Gasteiger partial charge in [0.15, 0.2) is 11.5 Å². The zero-order valence-corrected chi connectivity index (χ0v) is 12.8. The predicted molar refractivity (Wildman–Crippen MR) is 85.7 cm³/mol. The lowest BCUT2D eigenvalue weighted by atomic mass is 10.0. The molecule has 0 unspecified atom stereocenters. The van der Waals surface area contributed by atoms with Gasteiger partial charge in [0.1, 0.15) is 13.2 Å². The Morgan fingerprint density at radius 3 is 2.48 bits per heavy atom. The van der Waals surface area contributed by atoms with Gasteiger partial charge in [-0.05, 0) is 54.4 Å². The van der Waals surface area contributed by atoms with Gasteiger partial charge in [-0.2, -0.15) is 5.26 Å². The molecule has 1 aliphatic heterocycles. The maximum Gasteiger partial charge on any atom is 0.228 e. The SMILES string of the molecule is Cc1cc2c(cc1CC(=O)Nc1ccc(C#N)cc1)OCCO2. The zero-order valence-electron chi connectivity index (χ0n) is 12.8. The first kappa shape index (κ1) is 14.9. The van der Waals surface area contributed by atoms with Crippen LogP contribution in [0.1, 0.15) is 16.7 Å². The number of anilines is 1. The Hall–Kier alpha value is -3.00. The summed E-state index contributed by atoms with van der Waals surface area (Å²) in [7, 11) is 0. The molecule has 0 fully saturated rings. The summed E-state index contributed by atoms with van der Waals surface area (Å²) >= 11 is 0. The van der Waals surface area contributed by atoms with Gasteiger partial charge < -0.3 is 14.8 Å². The van der Waals surface area contributed by atoms with E-state index in [2.05, 4.69) is 5.32 Å². The Kier molecular flexibility index (Phi) is 4.15. The van der Waals surface area contributed by atoms with Crippen molar-refractivity contribution in [3.05, 3.63) is 53.1 Å². The number of ether oxygens (including phenoxy) is 2. The maximum absolute atomic E-state index is 12.2. The minimum absolute atomic E-state index is 0.116. The minimum Gasteiger partial charge on any atom is -0.486 e. The van der Waals surface area contributed by atoms with Crippen LogP contribution in [0.2, 0.25) is 0 Å². The number of amides is 1. The molecular weight excluding hydrogens is 292 g/mol. The third-order valence-corrected chi connectivity index (χ3v) is 3.65. The maximum atomic E-state index is 12.2. The van der Waals surface area contributed by atoms with Gasteiger partial charge >= 0.3 is 0 Å². The number of nitriles is 1. The summed E-state index contributed by atoms with van der Waals surface area (Å²) in [6, 6.07) is 12.6. The number of fused-ring (bicyclic) bond motifs is 1. The van der Waals surface area contributed by atoms with E-state index >= 15 is 0 Å². The van der Waals surface area contributed by atoms with E-state index in [1.807, 2.05) is 25.1 Å². The molecule has 0 bridgehead atoms. The molecule has 1 aliphatic rings. The lowest BCUT2D eigenvalue weighted by Gasteiger charge is -2.20. The van der Waals surface area contributed by atoms with Gasteiger partial charge in [-0.3, -0.25) is 4.79 Å². The van der Waals surface area contributed by atoms with Crippen molar-refractivity contribution in [3.63, 3.8) is 0 Å². The first-order chi connectivity index (χ1) is 11.2. The Bertz CT molecular complexity index is 776. The van der Waals surface area contributed by atoms with E-state index in [0.717, 1.165) is 16.9 Å². The third-order valence-electron chi connectivity index (χ3n) is 3.65. The highest BCUT2D eigenvalue weighted by molar-refractivity contribution is 5.92. The fourth-order valence-corrected chi connectivity index (χ4v) is 2.43. The molecule has 0 aromatic heterocycles. The number of benzene rings is 2. The van der Waals surface area contributed by atoms with Crippen LogP contribution in [0, 0.1) is 18.3 Å². The molecule has 0 spiro atoms. The van der Waals surface area contributed by atoms with Gasteiger partial charge in [0, 0.05) is 5.69 Å². The lowest BCUT2D eigenvalue weighted by Crippen LogP contribution is -2.18. The van der Waals surface area contributed by atoms with E-state index < -0.39 is 0 Å². The molecule has 0 atom stereocenters. The minimum atomic E-state index is -0.116. The molecule has 0 saturated carbocycles. The van der Waals surface area contributed by atoms with Crippen LogP contribution in [0.25, 0.3) is 0 Å². The number of hydrogen-bond acceptors (Lipinski definition) is 4. The van der Waals surface area contributed by atoms with Crippen molar-refractivity contribution in [2.75, 3.05) is 18.5 Å². The van der Waals surface area contributed by atoms with Gasteiger partial charge in [0.2, 0.25) is 5.91 Å². The summed E-state index contributed by atoms with van der Waals surface area (Å²) in [5.41, 5.74) is 3.12. The molecule has 0 radical (unpaired) electrons. The number of carbonyl (C=O) groups is 1. The highest BCUT2D eigenvalue weighted by atomic mass is 16.6. The van der Waals surface area contributed by atoms with E-state index in [-0.39, 0.29) is 12.3 Å². The average molecular weight is 308 g/mol. The largest absolute Gasteiger partial charge is 0.486 e. The van der Waals surface area contributed by atoms with Crippen LogP contribution in [0.5, 0.6) is 11.5 Å². The first-order valence-electron chi connectivity index (χ1n) is 7.35. The molecule has 2 aromatic carbocycles. The molecule has 116 valence electrons. The van der Waals surface area contributed by atoms with Gasteiger partial charge in [0.25, 0.3) is 0 Å². The molecule has 5 heteroatoms. The number of aryl methyl sites for hydroxylation is 1. The van der Waals surface area contributed by atoms with E-state index in [4.69, 9.17) is 14.7 Å². The van der Waals surface area contributed by atoms with Gasteiger partial charge in [-0.15, -0.1) is 0 Å². The fraction of sp³-hybridized carbons (Fsp3) is 0.222. The molecule has 1 heterocycles. The van der Waals surface area contributed by atoms with E-state index in [0.29, 0.717) is 30.2 Å². The zero-order chi connectivity index (χ0) is 16.2. The fourth-order valence-electron chi connectivity index (χ4n) is 2.43.